The molecule has 3 aromatic rings. The minimum Gasteiger partial charge on any atom is -0.387 e. The van der Waals surface area contributed by atoms with Crippen LogP contribution >= 0.6 is 0 Å². The summed E-state index contributed by atoms with van der Waals surface area (Å²) >= 11 is 0. The molecule has 4 rings (SSSR count). The largest absolute Gasteiger partial charge is 0.387 e. The Kier molecular flexibility index (Phi) is 5.66. The highest BCUT2D eigenvalue weighted by atomic mass is 16.6. The zero-order valence-corrected chi connectivity index (χ0v) is 16.3. The van der Waals surface area contributed by atoms with Crippen molar-refractivity contribution in [3.63, 3.8) is 0 Å². The second-order valence-electron chi connectivity index (χ2n) is 7.10. The molecular formula is C24H23N3O2. The number of carbonyl (C=O) groups is 1. The highest BCUT2D eigenvalue weighted by Gasteiger charge is 2.33. The number of hydrogen-bond acceptors (Lipinski definition) is 4. The fourth-order valence-corrected chi connectivity index (χ4v) is 3.46. The van der Waals surface area contributed by atoms with Crippen molar-refractivity contribution in [1.82, 2.24) is 9.88 Å². The van der Waals surface area contributed by atoms with Crippen LogP contribution in [-0.2, 0) is 16.2 Å². The topological polar surface area (TPSA) is 54.8 Å². The van der Waals surface area contributed by atoms with E-state index in [9.17, 15) is 4.79 Å². The molecule has 0 bridgehead atoms. The molecular weight excluding hydrogens is 362 g/mol. The Bertz CT molecular complexity index is 975. The van der Waals surface area contributed by atoms with Gasteiger partial charge in [-0.05, 0) is 30.2 Å². The van der Waals surface area contributed by atoms with E-state index < -0.39 is 0 Å². The fourth-order valence-electron chi connectivity index (χ4n) is 3.46. The number of carbonyl (C=O) groups excluding carboxylic acids is 1. The van der Waals surface area contributed by atoms with Gasteiger partial charge in [-0.3, -0.25) is 9.78 Å². The second-order valence-corrected chi connectivity index (χ2v) is 7.10. The lowest BCUT2D eigenvalue weighted by atomic mass is 10.0. The molecule has 5 nitrogen and oxygen atoms in total. The summed E-state index contributed by atoms with van der Waals surface area (Å²) in [5, 5.41) is 4.14. The molecule has 1 aromatic heterocycles. The number of aromatic nitrogens is 1. The van der Waals surface area contributed by atoms with Gasteiger partial charge in [0.25, 0.3) is 5.91 Å². The number of amides is 1. The molecule has 2 unspecified atom stereocenters. The van der Waals surface area contributed by atoms with Crippen LogP contribution in [0.2, 0.25) is 0 Å². The summed E-state index contributed by atoms with van der Waals surface area (Å²) in [4.78, 5) is 25.3. The number of nitrogens with zero attached hydrogens (tertiary/aromatic N) is 3. The zero-order chi connectivity index (χ0) is 20.1. The average Bonchev–Trinajstić information content (AvgIpc) is 3.29. The highest BCUT2D eigenvalue weighted by Crippen LogP contribution is 2.29. The maximum atomic E-state index is 13.4. The van der Waals surface area contributed by atoms with E-state index in [0.29, 0.717) is 18.7 Å². The lowest BCUT2D eigenvalue weighted by molar-refractivity contribution is -0.127. The third-order valence-corrected chi connectivity index (χ3v) is 5.13. The summed E-state index contributed by atoms with van der Waals surface area (Å²) in [7, 11) is 0. The SMILES string of the molecule is CC(c1ccccn1)N(Cc1ccccc1)C(=O)C1=NOC(c2ccccc2)C1. The first kappa shape index (κ1) is 18.9. The normalized spacial score (nSPS) is 16.6. The van der Waals surface area contributed by atoms with Crippen molar-refractivity contribution in [2.75, 3.05) is 0 Å². The van der Waals surface area contributed by atoms with Crippen LogP contribution in [0, 0.1) is 0 Å². The van der Waals surface area contributed by atoms with Gasteiger partial charge >= 0.3 is 0 Å². The van der Waals surface area contributed by atoms with Gasteiger partial charge < -0.3 is 9.74 Å². The van der Waals surface area contributed by atoms with Gasteiger partial charge in [0, 0.05) is 19.2 Å². The van der Waals surface area contributed by atoms with Gasteiger partial charge in [0.2, 0.25) is 0 Å². The maximum Gasteiger partial charge on any atom is 0.272 e. The summed E-state index contributed by atoms with van der Waals surface area (Å²) in [6.45, 7) is 2.47. The molecule has 0 fully saturated rings. The molecule has 0 radical (unpaired) electrons. The fraction of sp³-hybridized carbons (Fsp3) is 0.208. The predicted octanol–water partition coefficient (Wildman–Crippen LogP) is 4.69. The molecule has 146 valence electrons. The van der Waals surface area contributed by atoms with Gasteiger partial charge in [-0.15, -0.1) is 0 Å². The van der Waals surface area contributed by atoms with E-state index in [1.54, 1.807) is 6.20 Å². The van der Waals surface area contributed by atoms with Gasteiger partial charge in [-0.2, -0.15) is 0 Å². The molecule has 0 N–H and O–H groups in total. The second kappa shape index (κ2) is 8.69. The molecule has 5 heteroatoms. The number of oxime groups is 1. The van der Waals surface area contributed by atoms with Crippen molar-refractivity contribution in [2.45, 2.75) is 32.0 Å². The third-order valence-electron chi connectivity index (χ3n) is 5.13. The summed E-state index contributed by atoms with van der Waals surface area (Å²) in [5.74, 6) is -0.120. The van der Waals surface area contributed by atoms with Crippen LogP contribution in [0.15, 0.2) is 90.2 Å². The molecule has 1 amide bonds. The number of rotatable bonds is 6. The number of hydrogen-bond donors (Lipinski definition) is 0. The van der Waals surface area contributed by atoms with Crippen LogP contribution in [0.5, 0.6) is 0 Å². The first-order valence-corrected chi connectivity index (χ1v) is 9.76. The van der Waals surface area contributed by atoms with Crippen molar-refractivity contribution >= 4 is 11.6 Å². The molecule has 2 atom stereocenters. The van der Waals surface area contributed by atoms with Crippen LogP contribution in [-0.4, -0.2) is 21.5 Å². The molecule has 2 aromatic carbocycles. The minimum absolute atomic E-state index is 0.120. The first-order valence-electron chi connectivity index (χ1n) is 9.76. The highest BCUT2D eigenvalue weighted by molar-refractivity contribution is 6.39. The van der Waals surface area contributed by atoms with Crippen molar-refractivity contribution in [1.29, 1.82) is 0 Å². The molecule has 0 aliphatic carbocycles. The van der Waals surface area contributed by atoms with Crippen LogP contribution in [0.1, 0.15) is 42.3 Å². The third kappa shape index (κ3) is 4.35. The van der Waals surface area contributed by atoms with Crippen molar-refractivity contribution in [3.05, 3.63) is 102 Å². The number of benzene rings is 2. The monoisotopic (exact) mass is 385 g/mol. The predicted molar refractivity (Wildman–Crippen MR) is 112 cm³/mol. The van der Waals surface area contributed by atoms with E-state index in [0.717, 1.165) is 16.8 Å². The molecule has 2 heterocycles. The van der Waals surface area contributed by atoms with E-state index in [2.05, 4.69) is 10.1 Å². The summed E-state index contributed by atoms with van der Waals surface area (Å²) in [5.41, 5.74) is 3.36. The Balaban J connectivity index is 1.56. The van der Waals surface area contributed by atoms with E-state index in [1.165, 1.54) is 0 Å². The van der Waals surface area contributed by atoms with E-state index in [1.807, 2.05) is 90.7 Å². The standard InChI is InChI=1S/C24H23N3O2/c1-18(21-14-8-9-15-25-21)27(17-19-10-4-2-5-11-19)24(28)22-16-23(29-26-22)20-12-6-3-7-13-20/h2-15,18,23H,16-17H2,1H3. The zero-order valence-electron chi connectivity index (χ0n) is 16.3. The maximum absolute atomic E-state index is 13.4. The summed E-state index contributed by atoms with van der Waals surface area (Å²) in [6, 6.07) is 25.4. The van der Waals surface area contributed by atoms with Crippen molar-refractivity contribution in [3.8, 4) is 0 Å². The Morgan fingerprint density at radius 3 is 2.41 bits per heavy atom. The molecule has 0 spiro atoms. The van der Waals surface area contributed by atoms with E-state index in [4.69, 9.17) is 4.84 Å². The smallest absolute Gasteiger partial charge is 0.272 e. The van der Waals surface area contributed by atoms with Gasteiger partial charge in [0.05, 0.1) is 11.7 Å². The first-order chi connectivity index (χ1) is 14.2. The molecule has 29 heavy (non-hydrogen) atoms. The lowest BCUT2D eigenvalue weighted by Gasteiger charge is -2.29. The van der Waals surface area contributed by atoms with Crippen molar-refractivity contribution < 1.29 is 9.63 Å². The number of pyridine rings is 1. The van der Waals surface area contributed by atoms with Crippen LogP contribution < -0.4 is 0 Å². The summed E-state index contributed by atoms with van der Waals surface area (Å²) < 4.78 is 0. The van der Waals surface area contributed by atoms with Gasteiger partial charge in [-0.25, -0.2) is 0 Å². The van der Waals surface area contributed by atoms with E-state index >= 15 is 0 Å². The van der Waals surface area contributed by atoms with Crippen LogP contribution in [0.25, 0.3) is 0 Å². The Labute approximate surface area is 170 Å². The molecule has 1 aliphatic heterocycles. The lowest BCUT2D eigenvalue weighted by Crippen LogP contribution is -2.38. The average molecular weight is 385 g/mol. The van der Waals surface area contributed by atoms with Crippen LogP contribution in [0.3, 0.4) is 0 Å². The van der Waals surface area contributed by atoms with E-state index in [-0.39, 0.29) is 18.1 Å². The Morgan fingerprint density at radius 1 is 1.03 bits per heavy atom. The van der Waals surface area contributed by atoms with Gasteiger partial charge in [0.15, 0.2) is 6.10 Å². The molecule has 0 saturated heterocycles. The van der Waals surface area contributed by atoms with Crippen LogP contribution in [0.4, 0.5) is 0 Å². The molecule has 1 aliphatic rings. The Hall–Kier alpha value is -3.47. The minimum atomic E-state index is -0.223. The summed E-state index contributed by atoms with van der Waals surface area (Å²) in [6.07, 6.45) is 1.99. The Morgan fingerprint density at radius 2 is 1.72 bits per heavy atom. The quantitative estimate of drug-likeness (QED) is 0.619. The van der Waals surface area contributed by atoms with Gasteiger partial charge in [0.1, 0.15) is 5.71 Å². The van der Waals surface area contributed by atoms with Crippen molar-refractivity contribution in [2.24, 2.45) is 5.16 Å². The van der Waals surface area contributed by atoms with Gasteiger partial charge in [-0.1, -0.05) is 71.9 Å². The molecule has 0 saturated carbocycles.